The molecule has 1 aromatic carbocycles. The average molecular weight is 310 g/mol. The summed E-state index contributed by atoms with van der Waals surface area (Å²) in [6, 6.07) is 5.77. The fourth-order valence-corrected chi connectivity index (χ4v) is 2.84. The largest absolute Gasteiger partial charge is 0.290 e. The lowest BCUT2D eigenvalue weighted by Gasteiger charge is -2.10. The first-order chi connectivity index (χ1) is 9.31. The third-order valence-corrected chi connectivity index (χ3v) is 4.60. The number of halogens is 1. The van der Waals surface area contributed by atoms with Crippen LogP contribution in [0.25, 0.3) is 0 Å². The Morgan fingerprint density at radius 2 is 1.60 bits per heavy atom. The molecule has 1 aliphatic carbocycles. The van der Waals surface area contributed by atoms with Crippen molar-refractivity contribution < 1.29 is 13.2 Å². The SMILES string of the molecule is CC1=C(C)C(=NS(=O)(=O)c2ccc(Cl)cc2)C=CC1=O. The highest BCUT2D eigenvalue weighted by Crippen LogP contribution is 2.20. The molecule has 4 nitrogen and oxygen atoms in total. The first-order valence-corrected chi connectivity index (χ1v) is 7.64. The van der Waals surface area contributed by atoms with Gasteiger partial charge in [0, 0.05) is 10.6 Å². The van der Waals surface area contributed by atoms with Crippen molar-refractivity contribution in [3.8, 4) is 0 Å². The molecule has 0 unspecified atom stereocenters. The van der Waals surface area contributed by atoms with Crippen LogP contribution in [-0.4, -0.2) is 19.9 Å². The molecule has 20 heavy (non-hydrogen) atoms. The minimum atomic E-state index is -3.82. The highest BCUT2D eigenvalue weighted by Gasteiger charge is 2.18. The Morgan fingerprint density at radius 3 is 2.20 bits per heavy atom. The van der Waals surface area contributed by atoms with Crippen molar-refractivity contribution in [3.63, 3.8) is 0 Å². The standard InChI is InChI=1S/C14H12ClNO3S/c1-9-10(2)14(17)8-7-13(9)16-20(18,19)12-5-3-11(15)4-6-12/h3-8H,1-2H3. The molecule has 104 valence electrons. The number of ketones is 1. The van der Waals surface area contributed by atoms with Crippen LogP contribution in [0.3, 0.4) is 0 Å². The Morgan fingerprint density at radius 1 is 1.00 bits per heavy atom. The average Bonchev–Trinajstić information content (AvgIpc) is 2.40. The lowest BCUT2D eigenvalue weighted by molar-refractivity contribution is -0.111. The molecule has 2 rings (SSSR count). The van der Waals surface area contributed by atoms with Gasteiger partial charge in [0.05, 0.1) is 10.6 Å². The molecule has 0 amide bonds. The van der Waals surface area contributed by atoms with E-state index < -0.39 is 10.0 Å². The quantitative estimate of drug-likeness (QED) is 0.789. The molecule has 0 radical (unpaired) electrons. The number of sulfonamides is 1. The summed E-state index contributed by atoms with van der Waals surface area (Å²) in [5.41, 5.74) is 1.34. The minimum Gasteiger partial charge on any atom is -0.290 e. The Bertz CT molecular complexity index is 756. The highest BCUT2D eigenvalue weighted by atomic mass is 35.5. The molecule has 0 aromatic heterocycles. The summed E-state index contributed by atoms with van der Waals surface area (Å²) >= 11 is 5.73. The Kier molecular flexibility index (Phi) is 3.92. The van der Waals surface area contributed by atoms with Crippen LogP contribution < -0.4 is 0 Å². The smallest absolute Gasteiger partial charge is 0.282 e. The maximum absolute atomic E-state index is 12.2. The van der Waals surface area contributed by atoms with E-state index in [4.69, 9.17) is 11.6 Å². The summed E-state index contributed by atoms with van der Waals surface area (Å²) in [5.74, 6) is -0.134. The van der Waals surface area contributed by atoms with Crippen molar-refractivity contribution in [1.82, 2.24) is 0 Å². The molecule has 6 heteroatoms. The maximum atomic E-state index is 12.2. The highest BCUT2D eigenvalue weighted by molar-refractivity contribution is 7.90. The summed E-state index contributed by atoms with van der Waals surface area (Å²) in [6.07, 6.45) is 2.73. The zero-order chi connectivity index (χ0) is 14.9. The van der Waals surface area contributed by atoms with Gasteiger partial charge in [0.15, 0.2) is 5.78 Å². The van der Waals surface area contributed by atoms with Crippen molar-refractivity contribution in [3.05, 3.63) is 52.6 Å². The van der Waals surface area contributed by atoms with E-state index in [1.807, 2.05) is 0 Å². The maximum Gasteiger partial charge on any atom is 0.282 e. The molecule has 0 spiro atoms. The predicted octanol–water partition coefficient (Wildman–Crippen LogP) is 2.95. The fourth-order valence-electron chi connectivity index (χ4n) is 1.67. The van der Waals surface area contributed by atoms with Crippen LogP contribution in [0.15, 0.2) is 56.9 Å². The molecule has 0 bridgehead atoms. The lowest BCUT2D eigenvalue weighted by Crippen LogP contribution is -2.13. The van der Waals surface area contributed by atoms with Crippen LogP contribution in [0.1, 0.15) is 13.8 Å². The summed E-state index contributed by atoms with van der Waals surface area (Å²) < 4.78 is 28.1. The molecule has 0 saturated heterocycles. The van der Waals surface area contributed by atoms with Crippen LogP contribution in [0.5, 0.6) is 0 Å². The van der Waals surface area contributed by atoms with Gasteiger partial charge in [-0.15, -0.1) is 0 Å². The summed E-state index contributed by atoms with van der Waals surface area (Å²) in [5, 5.41) is 0.451. The normalized spacial score (nSPS) is 17.9. The molecule has 0 atom stereocenters. The van der Waals surface area contributed by atoms with Crippen LogP contribution in [0.2, 0.25) is 5.02 Å². The van der Waals surface area contributed by atoms with Crippen LogP contribution in [0, 0.1) is 0 Å². The molecule has 1 aliphatic rings. The molecule has 0 fully saturated rings. The zero-order valence-electron chi connectivity index (χ0n) is 10.9. The predicted molar refractivity (Wildman–Crippen MR) is 78.6 cm³/mol. The van der Waals surface area contributed by atoms with Gasteiger partial charge in [0.1, 0.15) is 0 Å². The van der Waals surface area contributed by atoms with E-state index in [1.165, 1.54) is 36.4 Å². The Balaban J connectivity index is 2.47. The van der Waals surface area contributed by atoms with Crippen molar-refractivity contribution in [2.24, 2.45) is 4.40 Å². The van der Waals surface area contributed by atoms with Gasteiger partial charge < -0.3 is 0 Å². The van der Waals surface area contributed by atoms with Crippen LogP contribution >= 0.6 is 11.6 Å². The molecular weight excluding hydrogens is 298 g/mol. The van der Waals surface area contributed by atoms with E-state index in [0.29, 0.717) is 16.2 Å². The van der Waals surface area contributed by atoms with E-state index in [2.05, 4.69) is 4.40 Å². The van der Waals surface area contributed by atoms with Gasteiger partial charge in [-0.3, -0.25) is 4.79 Å². The zero-order valence-corrected chi connectivity index (χ0v) is 12.5. The van der Waals surface area contributed by atoms with E-state index in [9.17, 15) is 13.2 Å². The first-order valence-electron chi connectivity index (χ1n) is 5.82. The van der Waals surface area contributed by atoms with Crippen molar-refractivity contribution in [1.29, 1.82) is 0 Å². The number of hydrogen-bond acceptors (Lipinski definition) is 3. The number of hydrogen-bond donors (Lipinski definition) is 0. The van der Waals surface area contributed by atoms with E-state index in [1.54, 1.807) is 13.8 Å². The number of carbonyl (C=O) groups is 1. The lowest BCUT2D eigenvalue weighted by atomic mass is 9.97. The number of nitrogens with zero attached hydrogens (tertiary/aromatic N) is 1. The Hall–Kier alpha value is -1.72. The van der Waals surface area contributed by atoms with Gasteiger partial charge in [0.2, 0.25) is 0 Å². The van der Waals surface area contributed by atoms with Gasteiger partial charge in [-0.1, -0.05) is 11.6 Å². The molecule has 0 saturated carbocycles. The van der Waals surface area contributed by atoms with Gasteiger partial charge >= 0.3 is 0 Å². The molecule has 1 aromatic rings. The topological polar surface area (TPSA) is 63.6 Å². The van der Waals surface area contributed by atoms with Gasteiger partial charge in [-0.25, -0.2) is 0 Å². The molecule has 0 heterocycles. The van der Waals surface area contributed by atoms with Crippen molar-refractivity contribution >= 4 is 33.1 Å². The minimum absolute atomic E-state index is 0.0603. The summed E-state index contributed by atoms with van der Waals surface area (Å²) in [6.45, 7) is 3.32. The Labute approximate surface area is 122 Å². The molecule has 0 N–H and O–H groups in total. The monoisotopic (exact) mass is 309 g/mol. The second-order valence-corrected chi connectivity index (χ2v) is 6.39. The number of carbonyl (C=O) groups excluding carboxylic acids is 1. The van der Waals surface area contributed by atoms with Gasteiger partial charge in [0.25, 0.3) is 10.0 Å². The van der Waals surface area contributed by atoms with Crippen LogP contribution in [-0.2, 0) is 14.8 Å². The third-order valence-electron chi connectivity index (χ3n) is 3.04. The molecule has 0 aliphatic heterocycles. The van der Waals surface area contributed by atoms with Crippen molar-refractivity contribution in [2.45, 2.75) is 18.7 Å². The second-order valence-electron chi connectivity index (χ2n) is 4.35. The number of rotatable bonds is 2. The second kappa shape index (κ2) is 5.34. The molecular formula is C14H12ClNO3S. The summed E-state index contributed by atoms with van der Waals surface area (Å²) in [7, 11) is -3.82. The van der Waals surface area contributed by atoms with Crippen molar-refractivity contribution in [2.75, 3.05) is 0 Å². The third kappa shape index (κ3) is 2.89. The number of allylic oxidation sites excluding steroid dienone is 4. The van der Waals surface area contributed by atoms with E-state index in [0.717, 1.165) is 0 Å². The summed E-state index contributed by atoms with van der Waals surface area (Å²) in [4.78, 5) is 11.5. The van der Waals surface area contributed by atoms with Gasteiger partial charge in [-0.2, -0.15) is 12.8 Å². The first kappa shape index (κ1) is 14.7. The van der Waals surface area contributed by atoms with E-state index >= 15 is 0 Å². The van der Waals surface area contributed by atoms with Crippen LogP contribution in [0.4, 0.5) is 0 Å². The van der Waals surface area contributed by atoms with E-state index in [-0.39, 0.29) is 16.4 Å². The fraction of sp³-hybridized carbons (Fsp3) is 0.143. The van der Waals surface area contributed by atoms with Gasteiger partial charge in [-0.05, 0) is 55.8 Å². The number of benzene rings is 1.